The third-order valence-electron chi connectivity index (χ3n) is 2.94. The van der Waals surface area contributed by atoms with Crippen LogP contribution in [0.4, 0.5) is 0 Å². The molecule has 0 bridgehead atoms. The van der Waals surface area contributed by atoms with Gasteiger partial charge < -0.3 is 4.90 Å². The lowest BCUT2D eigenvalue weighted by Gasteiger charge is -2.33. The van der Waals surface area contributed by atoms with Crippen LogP contribution in [0, 0.1) is 12.3 Å². The van der Waals surface area contributed by atoms with Crippen LogP contribution in [0.5, 0.6) is 0 Å². The van der Waals surface area contributed by atoms with Crippen LogP contribution in [-0.2, 0) is 0 Å². The van der Waals surface area contributed by atoms with Gasteiger partial charge >= 0.3 is 0 Å². The lowest BCUT2D eigenvalue weighted by molar-refractivity contribution is 0.0645. The lowest BCUT2D eigenvalue weighted by Crippen LogP contribution is -2.48. The molecule has 0 N–H and O–H groups in total. The molecular formula is C13H14BrN3O. The Hall–Kier alpha value is -1.38. The summed E-state index contributed by atoms with van der Waals surface area (Å²) >= 11 is 3.35. The number of hydrogen-bond donors (Lipinski definition) is 0. The largest absolute Gasteiger partial charge is 0.335 e. The van der Waals surface area contributed by atoms with Crippen molar-refractivity contribution < 1.29 is 4.79 Å². The van der Waals surface area contributed by atoms with Gasteiger partial charge in [-0.1, -0.05) is 5.92 Å². The number of carbonyl (C=O) groups excluding carboxylic acids is 1. The number of piperazine rings is 1. The number of amides is 1. The Kier molecular flexibility index (Phi) is 4.34. The van der Waals surface area contributed by atoms with Crippen molar-refractivity contribution in [2.75, 3.05) is 32.7 Å². The van der Waals surface area contributed by atoms with Crippen LogP contribution in [0.2, 0.25) is 0 Å². The Morgan fingerprint density at radius 2 is 2.17 bits per heavy atom. The van der Waals surface area contributed by atoms with Crippen molar-refractivity contribution in [2.45, 2.75) is 0 Å². The molecule has 5 heteroatoms. The van der Waals surface area contributed by atoms with Gasteiger partial charge in [0.1, 0.15) is 5.69 Å². The van der Waals surface area contributed by atoms with Crippen LogP contribution in [-0.4, -0.2) is 53.4 Å². The number of halogens is 1. The molecule has 2 rings (SSSR count). The Balaban J connectivity index is 2.00. The molecule has 0 saturated carbocycles. The monoisotopic (exact) mass is 307 g/mol. The molecule has 1 saturated heterocycles. The van der Waals surface area contributed by atoms with Crippen LogP contribution in [0.15, 0.2) is 22.8 Å². The Morgan fingerprint density at radius 1 is 1.44 bits per heavy atom. The van der Waals surface area contributed by atoms with E-state index >= 15 is 0 Å². The number of terminal acetylenes is 1. The maximum Gasteiger partial charge on any atom is 0.273 e. The molecule has 1 aliphatic rings. The van der Waals surface area contributed by atoms with E-state index in [9.17, 15) is 4.79 Å². The molecule has 94 valence electrons. The molecule has 1 fully saturated rings. The Morgan fingerprint density at radius 3 is 2.78 bits per heavy atom. The highest BCUT2D eigenvalue weighted by Gasteiger charge is 2.23. The number of rotatable bonds is 2. The molecule has 1 aromatic heterocycles. The molecule has 0 spiro atoms. The van der Waals surface area contributed by atoms with Gasteiger partial charge in [0.2, 0.25) is 0 Å². The van der Waals surface area contributed by atoms with E-state index in [0.717, 1.165) is 17.6 Å². The van der Waals surface area contributed by atoms with Crippen LogP contribution in [0.25, 0.3) is 0 Å². The smallest absolute Gasteiger partial charge is 0.273 e. The van der Waals surface area contributed by atoms with E-state index < -0.39 is 0 Å². The summed E-state index contributed by atoms with van der Waals surface area (Å²) in [6, 6.07) is 3.63. The molecule has 4 nitrogen and oxygen atoms in total. The SMILES string of the molecule is C#CCN1CCN(C(=O)c2ncccc2Br)CC1. The first-order chi connectivity index (χ1) is 8.72. The van der Waals surface area contributed by atoms with Crippen molar-refractivity contribution in [3.63, 3.8) is 0 Å². The standard InChI is InChI=1S/C13H14BrN3O/c1-2-6-16-7-9-17(10-8-16)13(18)12-11(14)4-3-5-15-12/h1,3-5H,6-10H2. The fraction of sp³-hybridized carbons (Fsp3) is 0.385. The summed E-state index contributed by atoms with van der Waals surface area (Å²) in [4.78, 5) is 20.4. The molecular weight excluding hydrogens is 294 g/mol. The van der Waals surface area contributed by atoms with Crippen molar-refractivity contribution in [1.29, 1.82) is 0 Å². The van der Waals surface area contributed by atoms with Crippen LogP contribution < -0.4 is 0 Å². The maximum atomic E-state index is 12.3. The second-order valence-electron chi connectivity index (χ2n) is 4.11. The van der Waals surface area contributed by atoms with Gasteiger partial charge in [-0.3, -0.25) is 9.69 Å². The first-order valence-electron chi connectivity index (χ1n) is 5.78. The predicted octanol–water partition coefficient (Wildman–Crippen LogP) is 1.24. The van der Waals surface area contributed by atoms with Crippen molar-refractivity contribution in [1.82, 2.24) is 14.8 Å². The number of hydrogen-bond acceptors (Lipinski definition) is 3. The second-order valence-corrected chi connectivity index (χ2v) is 4.96. The zero-order valence-corrected chi connectivity index (χ0v) is 11.6. The highest BCUT2D eigenvalue weighted by Crippen LogP contribution is 2.16. The molecule has 0 aliphatic carbocycles. The van der Waals surface area contributed by atoms with Gasteiger partial charge in [0.25, 0.3) is 5.91 Å². The van der Waals surface area contributed by atoms with Crippen molar-refractivity contribution in [3.05, 3.63) is 28.5 Å². The minimum absolute atomic E-state index is 0.0252. The van der Waals surface area contributed by atoms with E-state index in [1.165, 1.54) is 0 Å². The summed E-state index contributed by atoms with van der Waals surface area (Å²) in [5.74, 6) is 2.60. The summed E-state index contributed by atoms with van der Waals surface area (Å²) in [5, 5.41) is 0. The highest BCUT2D eigenvalue weighted by molar-refractivity contribution is 9.10. The van der Waals surface area contributed by atoms with Gasteiger partial charge in [0.15, 0.2) is 0 Å². The number of carbonyl (C=O) groups is 1. The summed E-state index contributed by atoms with van der Waals surface area (Å²) < 4.78 is 0.737. The van der Waals surface area contributed by atoms with E-state index in [4.69, 9.17) is 6.42 Å². The maximum absolute atomic E-state index is 12.3. The lowest BCUT2D eigenvalue weighted by atomic mass is 10.2. The van der Waals surface area contributed by atoms with Crippen LogP contribution in [0.1, 0.15) is 10.5 Å². The zero-order chi connectivity index (χ0) is 13.0. The summed E-state index contributed by atoms with van der Waals surface area (Å²) in [7, 11) is 0. The molecule has 1 aromatic rings. The van der Waals surface area contributed by atoms with Crippen molar-refractivity contribution in [2.24, 2.45) is 0 Å². The Labute approximate surface area is 115 Å². The third kappa shape index (κ3) is 2.89. The normalized spacial score (nSPS) is 16.3. The topological polar surface area (TPSA) is 36.4 Å². The summed E-state index contributed by atoms with van der Waals surface area (Å²) in [6.45, 7) is 3.68. The van der Waals surface area contributed by atoms with Crippen molar-refractivity contribution in [3.8, 4) is 12.3 Å². The minimum Gasteiger partial charge on any atom is -0.335 e. The van der Waals surface area contributed by atoms with E-state index in [1.54, 1.807) is 12.3 Å². The average Bonchev–Trinajstić information content (AvgIpc) is 2.40. The second kappa shape index (κ2) is 5.98. The fourth-order valence-corrected chi connectivity index (χ4v) is 2.36. The first-order valence-corrected chi connectivity index (χ1v) is 6.57. The molecule has 0 unspecified atom stereocenters. The minimum atomic E-state index is -0.0252. The van der Waals surface area contributed by atoms with Crippen LogP contribution in [0.3, 0.4) is 0 Å². The average molecular weight is 308 g/mol. The fourth-order valence-electron chi connectivity index (χ4n) is 1.93. The van der Waals surface area contributed by atoms with Gasteiger partial charge in [-0.05, 0) is 28.1 Å². The van der Waals surface area contributed by atoms with Crippen molar-refractivity contribution >= 4 is 21.8 Å². The quantitative estimate of drug-likeness (QED) is 0.771. The van der Waals surface area contributed by atoms with Gasteiger partial charge in [-0.15, -0.1) is 6.42 Å². The number of pyridine rings is 1. The third-order valence-corrected chi connectivity index (χ3v) is 3.58. The predicted molar refractivity (Wildman–Crippen MR) is 73.1 cm³/mol. The van der Waals surface area contributed by atoms with E-state index in [0.29, 0.717) is 25.3 Å². The first kappa shape index (κ1) is 13.1. The Bertz CT molecular complexity index is 475. The number of aromatic nitrogens is 1. The van der Waals surface area contributed by atoms with E-state index in [2.05, 4.69) is 31.7 Å². The zero-order valence-electron chi connectivity index (χ0n) is 9.97. The van der Waals surface area contributed by atoms with Gasteiger partial charge in [-0.25, -0.2) is 4.98 Å². The molecule has 1 amide bonds. The highest BCUT2D eigenvalue weighted by atomic mass is 79.9. The molecule has 18 heavy (non-hydrogen) atoms. The molecule has 2 heterocycles. The van der Waals surface area contributed by atoms with Gasteiger partial charge in [-0.2, -0.15) is 0 Å². The molecule has 0 atom stereocenters. The van der Waals surface area contributed by atoms with Gasteiger partial charge in [0, 0.05) is 36.8 Å². The van der Waals surface area contributed by atoms with Crippen LogP contribution >= 0.6 is 15.9 Å². The summed E-state index contributed by atoms with van der Waals surface area (Å²) in [6.07, 6.45) is 6.91. The molecule has 0 aromatic carbocycles. The summed E-state index contributed by atoms with van der Waals surface area (Å²) in [5.41, 5.74) is 0.475. The van der Waals surface area contributed by atoms with E-state index in [1.807, 2.05) is 11.0 Å². The molecule has 0 radical (unpaired) electrons. The number of nitrogens with zero attached hydrogens (tertiary/aromatic N) is 3. The van der Waals surface area contributed by atoms with E-state index in [-0.39, 0.29) is 5.91 Å². The molecule has 1 aliphatic heterocycles. The van der Waals surface area contributed by atoms with Gasteiger partial charge in [0.05, 0.1) is 6.54 Å².